The van der Waals surface area contributed by atoms with Crippen molar-refractivity contribution in [2.45, 2.75) is 18.9 Å². The summed E-state index contributed by atoms with van der Waals surface area (Å²) in [4.78, 5) is 14.4. The summed E-state index contributed by atoms with van der Waals surface area (Å²) < 4.78 is 1.77. The van der Waals surface area contributed by atoms with Gasteiger partial charge in [-0.2, -0.15) is 5.26 Å². The number of amides is 1. The van der Waals surface area contributed by atoms with Crippen LogP contribution >= 0.6 is 0 Å². The van der Waals surface area contributed by atoms with Crippen molar-refractivity contribution in [3.63, 3.8) is 0 Å². The Balaban J connectivity index is 1.97. The molecule has 1 heterocycles. The molecule has 1 N–H and O–H groups in total. The summed E-state index contributed by atoms with van der Waals surface area (Å²) in [5.74, 6) is -0.180. The summed E-state index contributed by atoms with van der Waals surface area (Å²) in [5.41, 5.74) is 2.76. The fourth-order valence-electron chi connectivity index (χ4n) is 2.36. The minimum atomic E-state index is -0.180. The number of rotatable bonds is 4. The van der Waals surface area contributed by atoms with Crippen molar-refractivity contribution in [3.8, 4) is 11.8 Å². The van der Waals surface area contributed by atoms with E-state index in [4.69, 9.17) is 0 Å². The third kappa shape index (κ3) is 2.68. The molecule has 1 fully saturated rings. The molecule has 1 aromatic heterocycles. The number of benzene rings is 1. The second-order valence-corrected chi connectivity index (χ2v) is 5.72. The monoisotopic (exact) mass is 294 g/mol. The lowest BCUT2D eigenvalue weighted by atomic mass is 10.2. The van der Waals surface area contributed by atoms with E-state index in [1.165, 1.54) is 0 Å². The second-order valence-electron chi connectivity index (χ2n) is 5.72. The van der Waals surface area contributed by atoms with Gasteiger partial charge in [-0.25, -0.2) is 0 Å². The quantitative estimate of drug-likeness (QED) is 0.941. The molecule has 5 heteroatoms. The number of hydrogen-bond donors (Lipinski definition) is 1. The Hall–Kier alpha value is -2.74. The number of carbonyl (C=O) groups excluding carboxylic acids is 1. The zero-order valence-electron chi connectivity index (χ0n) is 12.7. The topological polar surface area (TPSA) is 61.1 Å². The summed E-state index contributed by atoms with van der Waals surface area (Å²) in [5, 5.41) is 12.2. The van der Waals surface area contributed by atoms with E-state index in [-0.39, 0.29) is 11.9 Å². The molecule has 0 atom stereocenters. The maximum absolute atomic E-state index is 12.4. The van der Waals surface area contributed by atoms with Gasteiger partial charge in [0.15, 0.2) is 0 Å². The van der Waals surface area contributed by atoms with Gasteiger partial charge in [-0.05, 0) is 43.2 Å². The molecule has 22 heavy (non-hydrogen) atoms. The molecule has 1 saturated carbocycles. The Labute approximate surface area is 129 Å². The molecular formula is C17H18N4O. The summed E-state index contributed by atoms with van der Waals surface area (Å²) in [6, 6.07) is 11.9. The van der Waals surface area contributed by atoms with E-state index >= 15 is 0 Å². The van der Waals surface area contributed by atoms with E-state index in [9.17, 15) is 10.1 Å². The maximum Gasteiger partial charge on any atom is 0.269 e. The fourth-order valence-corrected chi connectivity index (χ4v) is 2.36. The molecule has 0 unspecified atom stereocenters. The highest BCUT2D eigenvalue weighted by Crippen LogP contribution is 2.23. The molecule has 1 amide bonds. The number of carbonyl (C=O) groups is 1. The van der Waals surface area contributed by atoms with Crippen LogP contribution in [0.25, 0.3) is 5.69 Å². The molecule has 5 nitrogen and oxygen atoms in total. The maximum atomic E-state index is 12.4. The van der Waals surface area contributed by atoms with Crippen molar-refractivity contribution in [1.82, 2.24) is 9.88 Å². The molecule has 1 aromatic carbocycles. The van der Waals surface area contributed by atoms with E-state index in [1.807, 2.05) is 43.3 Å². The van der Waals surface area contributed by atoms with Crippen molar-refractivity contribution in [2.24, 2.45) is 0 Å². The Kier molecular flexibility index (Phi) is 3.60. The third-order valence-corrected chi connectivity index (χ3v) is 3.78. The van der Waals surface area contributed by atoms with Crippen LogP contribution in [-0.4, -0.2) is 30.6 Å². The number of hydrogen-bond acceptors (Lipinski definition) is 3. The highest BCUT2D eigenvalue weighted by molar-refractivity contribution is 5.96. The Morgan fingerprint density at radius 1 is 1.27 bits per heavy atom. The van der Waals surface area contributed by atoms with Gasteiger partial charge in [-0.1, -0.05) is 0 Å². The zero-order valence-corrected chi connectivity index (χ0v) is 12.7. The average Bonchev–Trinajstić information content (AvgIpc) is 3.22. The first-order valence-corrected chi connectivity index (χ1v) is 7.30. The zero-order chi connectivity index (χ0) is 15.7. The van der Waals surface area contributed by atoms with Crippen LogP contribution in [0.1, 0.15) is 28.9 Å². The van der Waals surface area contributed by atoms with Gasteiger partial charge in [-0.3, -0.25) is 4.79 Å². The number of nitrogens with zero attached hydrogens (tertiary/aromatic N) is 3. The molecule has 0 saturated heterocycles. The molecule has 0 bridgehead atoms. The van der Waals surface area contributed by atoms with Gasteiger partial charge in [0.1, 0.15) is 11.8 Å². The van der Waals surface area contributed by atoms with Crippen molar-refractivity contribution in [1.29, 1.82) is 5.26 Å². The third-order valence-electron chi connectivity index (χ3n) is 3.78. The van der Waals surface area contributed by atoms with Crippen LogP contribution < -0.4 is 10.2 Å². The SMILES string of the molecule is CN(C)c1ccc(-n2ccc(C#N)c2C(=O)NC2CC2)cc1. The highest BCUT2D eigenvalue weighted by atomic mass is 16.2. The lowest BCUT2D eigenvalue weighted by molar-refractivity contribution is 0.0944. The van der Waals surface area contributed by atoms with Gasteiger partial charge < -0.3 is 14.8 Å². The Morgan fingerprint density at radius 2 is 1.95 bits per heavy atom. The average molecular weight is 294 g/mol. The van der Waals surface area contributed by atoms with Crippen LogP contribution in [0, 0.1) is 11.3 Å². The van der Waals surface area contributed by atoms with Gasteiger partial charge in [0.05, 0.1) is 5.56 Å². The Morgan fingerprint density at radius 3 is 2.50 bits per heavy atom. The minimum absolute atomic E-state index is 0.180. The van der Waals surface area contributed by atoms with E-state index in [1.54, 1.807) is 16.8 Å². The molecule has 3 rings (SSSR count). The Bertz CT molecular complexity index is 733. The van der Waals surface area contributed by atoms with Crippen molar-refractivity contribution in [2.75, 3.05) is 19.0 Å². The first kappa shape index (κ1) is 14.2. The highest BCUT2D eigenvalue weighted by Gasteiger charge is 2.27. The lowest BCUT2D eigenvalue weighted by Gasteiger charge is -2.14. The molecule has 112 valence electrons. The predicted octanol–water partition coefficient (Wildman–Crippen LogP) is 2.31. The largest absolute Gasteiger partial charge is 0.378 e. The van der Waals surface area contributed by atoms with Crippen LogP contribution in [0.4, 0.5) is 5.69 Å². The number of anilines is 1. The molecule has 2 aromatic rings. The lowest BCUT2D eigenvalue weighted by Crippen LogP contribution is -2.28. The van der Waals surface area contributed by atoms with Crippen molar-refractivity contribution < 1.29 is 4.79 Å². The first-order valence-electron chi connectivity index (χ1n) is 7.30. The van der Waals surface area contributed by atoms with Crippen molar-refractivity contribution in [3.05, 3.63) is 47.8 Å². The molecule has 0 aliphatic heterocycles. The minimum Gasteiger partial charge on any atom is -0.378 e. The standard InChI is InChI=1S/C17H18N4O/c1-20(2)14-5-7-15(8-6-14)21-10-9-12(11-18)16(21)17(22)19-13-3-4-13/h5-10,13H,3-4H2,1-2H3,(H,19,22). The summed E-state index contributed by atoms with van der Waals surface area (Å²) in [6.45, 7) is 0. The first-order chi connectivity index (χ1) is 10.6. The molecule has 1 aliphatic rings. The molecule has 1 aliphatic carbocycles. The smallest absolute Gasteiger partial charge is 0.269 e. The number of nitrogens with one attached hydrogen (secondary N) is 1. The normalized spacial score (nSPS) is 13.5. The summed E-state index contributed by atoms with van der Waals surface area (Å²) in [7, 11) is 3.96. The molecule has 0 radical (unpaired) electrons. The van der Waals surface area contributed by atoms with Crippen molar-refractivity contribution >= 4 is 11.6 Å². The fraction of sp³-hybridized carbons (Fsp3) is 0.294. The van der Waals surface area contributed by atoms with Crippen LogP contribution in [0.3, 0.4) is 0 Å². The summed E-state index contributed by atoms with van der Waals surface area (Å²) in [6.07, 6.45) is 3.81. The van der Waals surface area contributed by atoms with Gasteiger partial charge >= 0.3 is 0 Å². The second kappa shape index (κ2) is 5.57. The predicted molar refractivity (Wildman–Crippen MR) is 85.3 cm³/mol. The van der Waals surface area contributed by atoms with Gasteiger partial charge in [0.25, 0.3) is 5.91 Å². The van der Waals surface area contributed by atoms with E-state index in [0.717, 1.165) is 24.2 Å². The number of nitriles is 1. The van der Waals surface area contributed by atoms with E-state index in [0.29, 0.717) is 11.3 Å². The van der Waals surface area contributed by atoms with Gasteiger partial charge in [0.2, 0.25) is 0 Å². The van der Waals surface area contributed by atoms with E-state index in [2.05, 4.69) is 11.4 Å². The van der Waals surface area contributed by atoms with Crippen LogP contribution in [0.5, 0.6) is 0 Å². The molecular weight excluding hydrogens is 276 g/mol. The van der Waals surface area contributed by atoms with Crippen LogP contribution in [-0.2, 0) is 0 Å². The summed E-state index contributed by atoms with van der Waals surface area (Å²) >= 11 is 0. The van der Waals surface area contributed by atoms with Gasteiger partial charge in [0, 0.05) is 37.7 Å². The number of aromatic nitrogens is 1. The van der Waals surface area contributed by atoms with E-state index < -0.39 is 0 Å². The van der Waals surface area contributed by atoms with Gasteiger partial charge in [-0.15, -0.1) is 0 Å². The van der Waals surface area contributed by atoms with Crippen LogP contribution in [0.15, 0.2) is 36.5 Å². The molecule has 0 spiro atoms. The van der Waals surface area contributed by atoms with Crippen LogP contribution in [0.2, 0.25) is 0 Å².